The van der Waals surface area contributed by atoms with Gasteiger partial charge in [-0.1, -0.05) is 12.1 Å². The molecule has 4 rings (SSSR count). The van der Waals surface area contributed by atoms with Crippen molar-refractivity contribution in [3.8, 4) is 28.1 Å². The molecule has 0 spiro atoms. The summed E-state index contributed by atoms with van der Waals surface area (Å²) in [5.74, 6) is 2.00. The molecule has 1 aromatic heterocycles. The predicted molar refractivity (Wildman–Crippen MR) is 154 cm³/mol. The maximum absolute atomic E-state index is 14.9. The fourth-order valence-electron chi connectivity index (χ4n) is 4.52. The van der Waals surface area contributed by atoms with Crippen molar-refractivity contribution in [3.05, 3.63) is 89.5 Å². The second-order valence-electron chi connectivity index (χ2n) is 9.70. The van der Waals surface area contributed by atoms with Crippen molar-refractivity contribution in [2.24, 2.45) is 18.6 Å². The van der Waals surface area contributed by atoms with E-state index in [0.29, 0.717) is 18.1 Å². The van der Waals surface area contributed by atoms with Gasteiger partial charge in [-0.05, 0) is 64.8 Å². The van der Waals surface area contributed by atoms with Crippen LogP contribution in [0.15, 0.2) is 71.8 Å². The highest BCUT2D eigenvalue weighted by Gasteiger charge is 2.32. The quantitative estimate of drug-likeness (QED) is 0.0919. The molecule has 0 fully saturated rings. The minimum Gasteiger partial charge on any atom is -0.612 e. The Morgan fingerprint density at radius 3 is 2.25 bits per heavy atom. The summed E-state index contributed by atoms with van der Waals surface area (Å²) in [6, 6.07) is 13.1. The molecule has 0 aliphatic rings. The summed E-state index contributed by atoms with van der Waals surface area (Å²) in [5, 5.41) is 14.6. The Morgan fingerprint density at radius 2 is 1.73 bits per heavy atom. The molecule has 44 heavy (non-hydrogen) atoms. The SMILES string of the molecule is Cn1nc(C(C)(F)F)cc1-c1ccc(-c2cc(F)c(CO)c([S+](C)[O-])c2)cc1N(N)/C(=C\N)c1ccc(OC(F)(F)F)cc1. The third-order valence-corrected chi connectivity index (χ3v) is 7.60. The van der Waals surface area contributed by atoms with Gasteiger partial charge in [0.05, 0.1) is 29.2 Å². The number of alkyl halides is 5. The number of aliphatic hydroxyl groups is 1. The molecule has 0 saturated carbocycles. The number of benzene rings is 3. The smallest absolute Gasteiger partial charge is 0.573 e. The van der Waals surface area contributed by atoms with E-state index in [1.165, 1.54) is 54.4 Å². The van der Waals surface area contributed by atoms with Crippen LogP contribution < -0.4 is 21.3 Å². The van der Waals surface area contributed by atoms with Gasteiger partial charge in [-0.3, -0.25) is 9.69 Å². The second-order valence-corrected chi connectivity index (χ2v) is 11.0. The molecular formula is C29H27F6N5O3S. The molecule has 15 heteroatoms. The number of hydrazine groups is 1. The fourth-order valence-corrected chi connectivity index (χ4v) is 5.32. The van der Waals surface area contributed by atoms with Crippen molar-refractivity contribution < 1.29 is 40.7 Å². The monoisotopic (exact) mass is 639 g/mol. The van der Waals surface area contributed by atoms with Gasteiger partial charge in [0.1, 0.15) is 23.5 Å². The number of anilines is 1. The Labute approximate surface area is 251 Å². The highest BCUT2D eigenvalue weighted by atomic mass is 32.2. The van der Waals surface area contributed by atoms with Crippen LogP contribution in [0.3, 0.4) is 0 Å². The Balaban J connectivity index is 1.89. The number of nitrogens with zero attached hydrogens (tertiary/aromatic N) is 3. The highest BCUT2D eigenvalue weighted by Crippen LogP contribution is 2.40. The maximum atomic E-state index is 14.9. The summed E-state index contributed by atoms with van der Waals surface area (Å²) in [7, 11) is 1.45. The van der Waals surface area contributed by atoms with Gasteiger partial charge in [0.25, 0.3) is 5.92 Å². The lowest BCUT2D eigenvalue weighted by molar-refractivity contribution is -0.274. The first-order valence-corrected chi connectivity index (χ1v) is 14.3. The molecule has 234 valence electrons. The van der Waals surface area contributed by atoms with Crippen LogP contribution >= 0.6 is 0 Å². The van der Waals surface area contributed by atoms with Gasteiger partial charge in [0.15, 0.2) is 4.90 Å². The molecule has 5 N–H and O–H groups in total. The zero-order chi connectivity index (χ0) is 32.6. The summed E-state index contributed by atoms with van der Waals surface area (Å²) >= 11 is -1.66. The van der Waals surface area contributed by atoms with Gasteiger partial charge in [0.2, 0.25) is 0 Å². The molecule has 3 aromatic carbocycles. The van der Waals surface area contributed by atoms with Gasteiger partial charge in [0, 0.05) is 37.4 Å². The maximum Gasteiger partial charge on any atom is 0.573 e. The fraction of sp³-hybridized carbons (Fsp3) is 0.207. The predicted octanol–water partition coefficient (Wildman–Crippen LogP) is 5.77. The standard InChI is InChI=1S/C29H27F6N5O3S/c1-28(31,32)27-13-23(39(2)38-27)20-9-6-17(18-10-22(30)21(15-41)26(12-18)44(3)42)11-24(20)40(37)25(14-36)16-4-7-19(8-5-16)43-29(33,34)35/h4-14,41H,15,36-37H2,1-3H3/b25-14-. The Kier molecular flexibility index (Phi) is 9.25. The number of hydrogen-bond donors (Lipinski definition) is 3. The molecule has 0 radical (unpaired) electrons. The van der Waals surface area contributed by atoms with Crippen molar-refractivity contribution in [2.75, 3.05) is 11.3 Å². The average molecular weight is 640 g/mol. The lowest BCUT2D eigenvalue weighted by Gasteiger charge is -2.26. The van der Waals surface area contributed by atoms with Crippen LogP contribution in [0, 0.1) is 5.82 Å². The average Bonchev–Trinajstić information content (AvgIpc) is 3.34. The summed E-state index contributed by atoms with van der Waals surface area (Å²) in [5.41, 5.74) is 6.94. The number of aliphatic hydroxyl groups excluding tert-OH is 1. The van der Waals surface area contributed by atoms with Crippen molar-refractivity contribution >= 4 is 22.6 Å². The molecule has 8 nitrogen and oxygen atoms in total. The second kappa shape index (κ2) is 12.4. The number of halogens is 6. The van der Waals surface area contributed by atoms with Gasteiger partial charge >= 0.3 is 6.36 Å². The molecule has 0 aliphatic carbocycles. The molecule has 0 saturated heterocycles. The van der Waals surface area contributed by atoms with Crippen LogP contribution in [0.2, 0.25) is 0 Å². The van der Waals surface area contributed by atoms with Gasteiger partial charge in [-0.25, -0.2) is 10.2 Å². The van der Waals surface area contributed by atoms with E-state index < -0.39 is 47.3 Å². The van der Waals surface area contributed by atoms with Crippen molar-refractivity contribution in [2.45, 2.75) is 30.7 Å². The number of nitrogens with two attached hydrogens (primary N) is 2. The summed E-state index contributed by atoms with van der Waals surface area (Å²) in [4.78, 5) is 0.0721. The molecule has 0 bridgehead atoms. The minimum absolute atomic E-state index is 0.0721. The van der Waals surface area contributed by atoms with Crippen molar-refractivity contribution in [1.82, 2.24) is 9.78 Å². The highest BCUT2D eigenvalue weighted by molar-refractivity contribution is 7.90. The lowest BCUT2D eigenvalue weighted by Crippen LogP contribution is -2.30. The first-order chi connectivity index (χ1) is 20.5. The Hall–Kier alpha value is -4.18. The molecule has 4 aromatic rings. The van der Waals surface area contributed by atoms with E-state index in [9.17, 15) is 36.0 Å². The van der Waals surface area contributed by atoms with E-state index in [1.54, 1.807) is 6.07 Å². The largest absolute Gasteiger partial charge is 0.612 e. The molecule has 1 atom stereocenters. The minimum atomic E-state index is -4.90. The zero-order valence-electron chi connectivity index (χ0n) is 23.5. The normalized spacial score (nSPS) is 13.2. The van der Waals surface area contributed by atoms with E-state index in [2.05, 4.69) is 9.84 Å². The van der Waals surface area contributed by atoms with E-state index in [1.807, 2.05) is 0 Å². The van der Waals surface area contributed by atoms with Crippen molar-refractivity contribution in [3.63, 3.8) is 0 Å². The van der Waals surface area contributed by atoms with Crippen LogP contribution in [0.1, 0.15) is 23.7 Å². The number of rotatable bonds is 9. The number of aromatic nitrogens is 2. The molecule has 1 heterocycles. The molecule has 0 aliphatic heterocycles. The van der Waals surface area contributed by atoms with Gasteiger partial charge in [-0.2, -0.15) is 13.9 Å². The van der Waals surface area contributed by atoms with E-state index in [0.717, 1.165) is 29.4 Å². The molecule has 1 unspecified atom stereocenters. The number of ether oxygens (including phenoxy) is 1. The summed E-state index contributed by atoms with van der Waals surface area (Å²) in [6.45, 7) is 0.0176. The Bertz CT molecular complexity index is 1680. The van der Waals surface area contributed by atoms with Gasteiger partial charge in [-0.15, -0.1) is 13.2 Å². The Morgan fingerprint density at radius 1 is 1.07 bits per heavy atom. The third-order valence-electron chi connectivity index (χ3n) is 6.62. The van der Waals surface area contributed by atoms with Crippen LogP contribution in [0.4, 0.5) is 32.0 Å². The number of aryl methyl sites for hydroxylation is 1. The first-order valence-electron chi connectivity index (χ1n) is 12.7. The topological polar surface area (TPSA) is 126 Å². The summed E-state index contributed by atoms with van der Waals surface area (Å²) in [6.07, 6.45) is -2.47. The molecular weight excluding hydrogens is 612 g/mol. The van der Waals surface area contributed by atoms with Crippen LogP contribution in [0.5, 0.6) is 5.75 Å². The van der Waals surface area contributed by atoms with E-state index in [4.69, 9.17) is 11.6 Å². The lowest BCUT2D eigenvalue weighted by atomic mass is 9.98. The molecule has 0 amide bonds. The van der Waals surface area contributed by atoms with Crippen LogP contribution in [0.25, 0.3) is 28.1 Å². The van der Waals surface area contributed by atoms with E-state index >= 15 is 0 Å². The first kappa shape index (κ1) is 32.7. The van der Waals surface area contributed by atoms with Crippen molar-refractivity contribution in [1.29, 1.82) is 0 Å². The zero-order valence-corrected chi connectivity index (χ0v) is 24.3. The van der Waals surface area contributed by atoms with Crippen LogP contribution in [-0.4, -0.2) is 32.1 Å². The van der Waals surface area contributed by atoms with Gasteiger partial charge < -0.3 is 20.1 Å². The van der Waals surface area contributed by atoms with E-state index in [-0.39, 0.29) is 38.7 Å². The van der Waals surface area contributed by atoms with Crippen LogP contribution in [-0.2, 0) is 30.8 Å². The third kappa shape index (κ3) is 6.96. The number of hydrogen-bond acceptors (Lipinski definition) is 7. The summed E-state index contributed by atoms with van der Waals surface area (Å²) < 4.78 is 98.7.